The Labute approximate surface area is 160 Å². The van der Waals surface area contributed by atoms with E-state index in [1.54, 1.807) is 43.8 Å². The minimum absolute atomic E-state index is 0.148. The average molecular weight is 388 g/mol. The summed E-state index contributed by atoms with van der Waals surface area (Å²) in [6.07, 6.45) is 1.63. The van der Waals surface area contributed by atoms with Crippen LogP contribution in [0.15, 0.2) is 41.3 Å². The molecule has 2 aromatic carbocycles. The quantitative estimate of drug-likeness (QED) is 0.423. The van der Waals surface area contributed by atoms with E-state index in [1.165, 1.54) is 6.07 Å². The fraction of sp³-hybridized carbons (Fsp3) is 0.263. The number of nitrogens with one attached hydrogen (secondary N) is 1. The van der Waals surface area contributed by atoms with E-state index in [0.717, 1.165) is 4.90 Å². The van der Waals surface area contributed by atoms with Crippen molar-refractivity contribution in [1.82, 2.24) is 5.32 Å². The lowest BCUT2D eigenvalue weighted by molar-refractivity contribution is -0.385. The molecule has 0 saturated carbocycles. The lowest BCUT2D eigenvalue weighted by atomic mass is 10.0. The number of carbonyl (C=O) groups excluding carboxylic acids is 1. The van der Waals surface area contributed by atoms with E-state index < -0.39 is 22.8 Å². The zero-order valence-electron chi connectivity index (χ0n) is 15.2. The monoisotopic (exact) mass is 388 g/mol. The molecule has 0 radical (unpaired) electrons. The molecule has 0 heterocycles. The Morgan fingerprint density at radius 2 is 1.81 bits per heavy atom. The number of amides is 1. The maximum Gasteiger partial charge on any atom is 0.305 e. The number of benzene rings is 2. The first-order valence-electron chi connectivity index (χ1n) is 8.15. The van der Waals surface area contributed by atoms with Gasteiger partial charge in [0.05, 0.1) is 17.4 Å². The smallest absolute Gasteiger partial charge is 0.305 e. The van der Waals surface area contributed by atoms with Gasteiger partial charge in [-0.1, -0.05) is 12.1 Å². The molecule has 0 spiro atoms. The van der Waals surface area contributed by atoms with E-state index in [-0.39, 0.29) is 17.7 Å². The molecule has 2 rings (SSSR count). The van der Waals surface area contributed by atoms with Crippen molar-refractivity contribution in [3.8, 4) is 0 Å². The molecule has 0 bridgehead atoms. The van der Waals surface area contributed by atoms with Crippen LogP contribution < -0.4 is 5.32 Å². The van der Waals surface area contributed by atoms with Crippen LogP contribution in [0.25, 0.3) is 0 Å². The zero-order valence-corrected chi connectivity index (χ0v) is 16.0. The van der Waals surface area contributed by atoms with Crippen LogP contribution in [0, 0.1) is 24.0 Å². The van der Waals surface area contributed by atoms with E-state index in [4.69, 9.17) is 0 Å². The van der Waals surface area contributed by atoms with Crippen LogP contribution in [0.2, 0.25) is 0 Å². The number of thioether (sulfide) groups is 1. The predicted molar refractivity (Wildman–Crippen MR) is 103 cm³/mol. The Morgan fingerprint density at radius 1 is 1.19 bits per heavy atom. The molecule has 0 saturated heterocycles. The van der Waals surface area contributed by atoms with Crippen molar-refractivity contribution < 1.29 is 19.6 Å². The second-order valence-corrected chi connectivity index (χ2v) is 6.99. The van der Waals surface area contributed by atoms with Crippen LogP contribution >= 0.6 is 11.8 Å². The Balaban J connectivity index is 2.34. The highest BCUT2D eigenvalue weighted by Gasteiger charge is 2.22. The minimum Gasteiger partial charge on any atom is -0.481 e. The molecule has 7 nitrogen and oxygen atoms in total. The van der Waals surface area contributed by atoms with Crippen molar-refractivity contribution in [3.05, 3.63) is 68.8 Å². The fourth-order valence-corrected chi connectivity index (χ4v) is 3.19. The highest BCUT2D eigenvalue weighted by Crippen LogP contribution is 2.25. The molecule has 142 valence electrons. The van der Waals surface area contributed by atoms with E-state index in [9.17, 15) is 24.8 Å². The molecule has 27 heavy (non-hydrogen) atoms. The number of aryl methyl sites for hydroxylation is 2. The number of hydrogen-bond acceptors (Lipinski definition) is 5. The molecule has 0 aliphatic heterocycles. The summed E-state index contributed by atoms with van der Waals surface area (Å²) in [6, 6.07) is 9.30. The van der Waals surface area contributed by atoms with Crippen molar-refractivity contribution in [3.63, 3.8) is 0 Å². The Bertz CT molecular complexity index is 880. The summed E-state index contributed by atoms with van der Waals surface area (Å²) in [4.78, 5) is 35.6. The third kappa shape index (κ3) is 5.07. The summed E-state index contributed by atoms with van der Waals surface area (Å²) >= 11 is 1.55. The van der Waals surface area contributed by atoms with Crippen LogP contribution in [0.3, 0.4) is 0 Å². The number of hydrogen-bond donors (Lipinski definition) is 2. The van der Waals surface area contributed by atoms with E-state index in [0.29, 0.717) is 16.7 Å². The molecular weight excluding hydrogens is 368 g/mol. The van der Waals surface area contributed by atoms with Gasteiger partial charge in [0.15, 0.2) is 0 Å². The molecule has 1 unspecified atom stereocenters. The third-order valence-corrected chi connectivity index (χ3v) is 4.93. The second kappa shape index (κ2) is 8.68. The van der Waals surface area contributed by atoms with Crippen molar-refractivity contribution >= 4 is 29.3 Å². The molecule has 2 N–H and O–H groups in total. The molecule has 0 aliphatic carbocycles. The number of aliphatic carboxylic acids is 1. The Kier molecular flexibility index (Phi) is 6.57. The van der Waals surface area contributed by atoms with E-state index in [1.807, 2.05) is 18.4 Å². The van der Waals surface area contributed by atoms with Crippen LogP contribution in [-0.2, 0) is 4.79 Å². The summed E-state index contributed by atoms with van der Waals surface area (Å²) in [5.41, 5.74) is 1.71. The van der Waals surface area contributed by atoms with Crippen molar-refractivity contribution in [1.29, 1.82) is 0 Å². The lowest BCUT2D eigenvalue weighted by Gasteiger charge is -2.19. The summed E-state index contributed by atoms with van der Waals surface area (Å²) in [5, 5.41) is 23.0. The van der Waals surface area contributed by atoms with Crippen molar-refractivity contribution in [2.45, 2.75) is 31.2 Å². The summed E-state index contributed by atoms with van der Waals surface area (Å²) in [7, 11) is 0. The van der Waals surface area contributed by atoms with Gasteiger partial charge < -0.3 is 10.4 Å². The average Bonchev–Trinajstić information content (AvgIpc) is 2.60. The first-order chi connectivity index (χ1) is 12.7. The number of nitro benzene ring substituents is 1. The zero-order chi connectivity index (χ0) is 20.1. The maximum atomic E-state index is 12.7. The Morgan fingerprint density at radius 3 is 2.33 bits per heavy atom. The third-order valence-electron chi connectivity index (χ3n) is 4.19. The molecule has 0 fully saturated rings. The maximum absolute atomic E-state index is 12.7. The van der Waals surface area contributed by atoms with Gasteiger partial charge in [0.2, 0.25) is 0 Å². The van der Waals surface area contributed by atoms with Crippen LogP contribution in [0.1, 0.15) is 39.5 Å². The van der Waals surface area contributed by atoms with Gasteiger partial charge in [0.25, 0.3) is 11.6 Å². The number of nitrogens with zero attached hydrogens (tertiary/aromatic N) is 1. The normalized spacial score (nSPS) is 11.7. The first-order valence-corrected chi connectivity index (χ1v) is 9.37. The first kappa shape index (κ1) is 20.4. The molecule has 0 aromatic heterocycles. The van der Waals surface area contributed by atoms with Crippen LogP contribution in [0.4, 0.5) is 5.69 Å². The van der Waals surface area contributed by atoms with E-state index in [2.05, 4.69) is 5.32 Å². The summed E-state index contributed by atoms with van der Waals surface area (Å²) in [5.74, 6) is -1.60. The van der Waals surface area contributed by atoms with Gasteiger partial charge in [-0.15, -0.1) is 11.8 Å². The number of carbonyl (C=O) groups is 2. The van der Waals surface area contributed by atoms with Gasteiger partial charge in [0, 0.05) is 22.1 Å². The van der Waals surface area contributed by atoms with Gasteiger partial charge in [-0.25, -0.2) is 0 Å². The summed E-state index contributed by atoms with van der Waals surface area (Å²) < 4.78 is 0. The topological polar surface area (TPSA) is 110 Å². The van der Waals surface area contributed by atoms with Gasteiger partial charge >= 0.3 is 5.97 Å². The van der Waals surface area contributed by atoms with Gasteiger partial charge in [-0.3, -0.25) is 19.7 Å². The predicted octanol–water partition coefficient (Wildman–Crippen LogP) is 3.88. The number of carboxylic acid groups (broad SMARTS) is 1. The highest BCUT2D eigenvalue weighted by atomic mass is 32.2. The van der Waals surface area contributed by atoms with Crippen LogP contribution in [-0.4, -0.2) is 28.2 Å². The molecule has 8 heteroatoms. The number of nitro groups is 1. The number of carboxylic acids is 1. The molecule has 2 aromatic rings. The van der Waals surface area contributed by atoms with Gasteiger partial charge in [-0.2, -0.15) is 0 Å². The SMILES string of the molecule is CSc1ccc(C(CC(=O)O)NC(=O)c2cc([N+](=O)[O-])c(C)cc2C)cc1. The van der Waals surface area contributed by atoms with Crippen molar-refractivity contribution in [2.24, 2.45) is 0 Å². The van der Waals surface area contributed by atoms with Crippen molar-refractivity contribution in [2.75, 3.05) is 6.26 Å². The van der Waals surface area contributed by atoms with Gasteiger partial charge in [0.1, 0.15) is 0 Å². The lowest BCUT2D eigenvalue weighted by Crippen LogP contribution is -2.30. The van der Waals surface area contributed by atoms with E-state index >= 15 is 0 Å². The Hall–Kier alpha value is -2.87. The minimum atomic E-state index is -1.05. The highest BCUT2D eigenvalue weighted by molar-refractivity contribution is 7.98. The molecular formula is C19H20N2O5S. The molecule has 1 amide bonds. The summed E-state index contributed by atoms with van der Waals surface area (Å²) in [6.45, 7) is 3.29. The second-order valence-electron chi connectivity index (χ2n) is 6.11. The number of rotatable bonds is 7. The fourth-order valence-electron chi connectivity index (χ4n) is 2.78. The van der Waals surface area contributed by atoms with Crippen LogP contribution in [0.5, 0.6) is 0 Å². The standard InChI is InChI=1S/C19H20N2O5S/c1-11-8-12(2)17(21(25)26)9-15(11)19(24)20-16(10-18(22)23)13-4-6-14(27-3)7-5-13/h4-9,16H,10H2,1-3H3,(H,20,24)(H,22,23). The van der Waals surface area contributed by atoms with Gasteiger partial charge in [-0.05, 0) is 49.4 Å². The molecule has 1 atom stereocenters. The molecule has 0 aliphatic rings. The largest absolute Gasteiger partial charge is 0.481 e.